The molecule has 1 saturated heterocycles. The summed E-state index contributed by atoms with van der Waals surface area (Å²) in [4.78, 5) is 5.69. The van der Waals surface area contributed by atoms with E-state index in [4.69, 9.17) is 4.74 Å². The molecule has 0 amide bonds. The number of halogens is 1. The lowest BCUT2D eigenvalue weighted by molar-refractivity contribution is 0.326. The third-order valence-corrected chi connectivity index (χ3v) is 7.71. The zero-order valence-electron chi connectivity index (χ0n) is 16.4. The Labute approximate surface area is 180 Å². The molecule has 1 fully saturated rings. The molecule has 0 saturated carbocycles. The first-order valence-electron chi connectivity index (χ1n) is 9.82. The zero-order chi connectivity index (χ0) is 21.0. The number of fused-ring (bicyclic) bond motifs is 1. The maximum atomic E-state index is 13.6. The summed E-state index contributed by atoms with van der Waals surface area (Å²) in [5.41, 5.74) is 1.37. The summed E-state index contributed by atoms with van der Waals surface area (Å²) in [7, 11) is -2.95. The van der Waals surface area contributed by atoms with Crippen molar-refractivity contribution in [3.63, 3.8) is 0 Å². The summed E-state index contributed by atoms with van der Waals surface area (Å²) in [5, 5.41) is 4.13. The minimum atomic E-state index is -2.95. The van der Waals surface area contributed by atoms with Crippen LogP contribution in [0.1, 0.15) is 12.0 Å². The fraction of sp³-hybridized carbons (Fsp3) is 0.318. The van der Waals surface area contributed by atoms with E-state index in [9.17, 15) is 12.8 Å². The first-order valence-corrected chi connectivity index (χ1v) is 12.6. The standard InChI is InChI=1S/C22H23FN2O3S2/c23-18-7-6-16-12-17(14-24-19-8-11-30(26,27)15-19)22(25-21(16)13-18)28-9-10-29-20-4-2-1-3-5-20/h1-7,12-13,19,24H,8-11,14-15H2. The molecule has 0 aliphatic carbocycles. The van der Waals surface area contributed by atoms with Gasteiger partial charge >= 0.3 is 0 Å². The molecule has 1 aromatic heterocycles. The molecule has 0 radical (unpaired) electrons. The van der Waals surface area contributed by atoms with Crippen molar-refractivity contribution in [3.05, 3.63) is 66.0 Å². The Morgan fingerprint density at radius 2 is 2.00 bits per heavy atom. The number of nitrogens with zero attached hydrogens (tertiary/aromatic N) is 1. The summed E-state index contributed by atoms with van der Waals surface area (Å²) in [6, 6.07) is 16.4. The number of ether oxygens (including phenoxy) is 1. The maximum absolute atomic E-state index is 13.6. The van der Waals surface area contributed by atoms with E-state index in [-0.39, 0.29) is 23.4 Å². The van der Waals surface area contributed by atoms with Crippen LogP contribution in [0.15, 0.2) is 59.5 Å². The second kappa shape index (κ2) is 9.32. The molecular formula is C22H23FN2O3S2. The molecule has 1 atom stereocenters. The lowest BCUT2D eigenvalue weighted by Gasteiger charge is -2.15. The van der Waals surface area contributed by atoms with Gasteiger partial charge in [-0.25, -0.2) is 17.8 Å². The van der Waals surface area contributed by atoms with E-state index in [2.05, 4.69) is 10.3 Å². The van der Waals surface area contributed by atoms with Gasteiger partial charge in [0.25, 0.3) is 0 Å². The normalized spacial score (nSPS) is 18.0. The Balaban J connectivity index is 1.46. The van der Waals surface area contributed by atoms with E-state index < -0.39 is 9.84 Å². The largest absolute Gasteiger partial charge is 0.477 e. The molecular weight excluding hydrogens is 423 g/mol. The van der Waals surface area contributed by atoms with Gasteiger partial charge in [0.05, 0.1) is 23.6 Å². The number of thioether (sulfide) groups is 1. The predicted octanol–water partition coefficient (Wildman–Crippen LogP) is 3.82. The molecule has 2 aromatic carbocycles. The summed E-state index contributed by atoms with van der Waals surface area (Å²) >= 11 is 1.69. The first kappa shape index (κ1) is 21.1. The van der Waals surface area contributed by atoms with Gasteiger partial charge in [0, 0.05) is 40.3 Å². The molecule has 8 heteroatoms. The molecule has 1 aliphatic heterocycles. The van der Waals surface area contributed by atoms with Gasteiger partial charge in [0.15, 0.2) is 9.84 Å². The van der Waals surface area contributed by atoms with E-state index in [0.717, 1.165) is 16.7 Å². The second-order valence-corrected chi connectivity index (χ2v) is 10.7. The molecule has 2 heterocycles. The van der Waals surface area contributed by atoms with E-state index in [1.165, 1.54) is 17.0 Å². The zero-order valence-corrected chi connectivity index (χ0v) is 18.0. The second-order valence-electron chi connectivity index (χ2n) is 7.28. The van der Waals surface area contributed by atoms with Crippen LogP contribution in [0.25, 0.3) is 10.9 Å². The van der Waals surface area contributed by atoms with E-state index in [0.29, 0.717) is 31.0 Å². The van der Waals surface area contributed by atoms with E-state index in [1.54, 1.807) is 17.8 Å². The summed E-state index contributed by atoms with van der Waals surface area (Å²) in [6.45, 7) is 0.903. The van der Waals surface area contributed by atoms with Crippen LogP contribution < -0.4 is 10.1 Å². The number of hydrogen-bond acceptors (Lipinski definition) is 6. The molecule has 1 N–H and O–H groups in total. The third-order valence-electron chi connectivity index (χ3n) is 4.97. The highest BCUT2D eigenvalue weighted by atomic mass is 32.2. The minimum absolute atomic E-state index is 0.0691. The first-order chi connectivity index (χ1) is 14.5. The van der Waals surface area contributed by atoms with Gasteiger partial charge in [-0.15, -0.1) is 11.8 Å². The van der Waals surface area contributed by atoms with Crippen molar-refractivity contribution in [1.82, 2.24) is 10.3 Å². The lowest BCUT2D eigenvalue weighted by atomic mass is 10.1. The molecule has 0 spiro atoms. The average molecular weight is 447 g/mol. The van der Waals surface area contributed by atoms with E-state index >= 15 is 0 Å². The van der Waals surface area contributed by atoms with Crippen molar-refractivity contribution < 1.29 is 17.5 Å². The van der Waals surface area contributed by atoms with Crippen LogP contribution in [0.4, 0.5) is 4.39 Å². The van der Waals surface area contributed by atoms with Gasteiger partial charge in [0.1, 0.15) is 5.82 Å². The smallest absolute Gasteiger partial charge is 0.218 e. The van der Waals surface area contributed by atoms with Gasteiger partial charge in [0.2, 0.25) is 5.88 Å². The number of sulfone groups is 1. The van der Waals surface area contributed by atoms with Crippen molar-refractivity contribution in [2.75, 3.05) is 23.9 Å². The molecule has 3 aromatic rings. The van der Waals surface area contributed by atoms with Crippen molar-refractivity contribution in [2.24, 2.45) is 0 Å². The molecule has 30 heavy (non-hydrogen) atoms. The summed E-state index contributed by atoms with van der Waals surface area (Å²) in [5.74, 6) is 1.24. The van der Waals surface area contributed by atoms with Crippen LogP contribution in [0, 0.1) is 5.82 Å². The van der Waals surface area contributed by atoms with Crippen molar-refractivity contribution >= 4 is 32.5 Å². The van der Waals surface area contributed by atoms with Crippen LogP contribution >= 0.6 is 11.8 Å². The molecule has 0 bridgehead atoms. The van der Waals surface area contributed by atoms with Crippen LogP contribution in [0.3, 0.4) is 0 Å². The average Bonchev–Trinajstić information content (AvgIpc) is 3.09. The number of nitrogens with one attached hydrogen (secondary N) is 1. The Bertz CT molecular complexity index is 1120. The highest BCUT2D eigenvalue weighted by molar-refractivity contribution is 7.99. The molecule has 5 nitrogen and oxygen atoms in total. The summed E-state index contributed by atoms with van der Waals surface area (Å²) < 4.78 is 43.0. The Morgan fingerprint density at radius 3 is 2.77 bits per heavy atom. The number of rotatable bonds is 8. The van der Waals surface area contributed by atoms with E-state index in [1.807, 2.05) is 36.4 Å². The molecule has 1 aliphatic rings. The van der Waals surface area contributed by atoms with Crippen molar-refractivity contribution in [3.8, 4) is 5.88 Å². The monoisotopic (exact) mass is 446 g/mol. The fourth-order valence-corrected chi connectivity index (χ4v) is 5.90. The number of hydrogen-bond donors (Lipinski definition) is 1. The van der Waals surface area contributed by atoms with Crippen LogP contribution in [0.5, 0.6) is 5.88 Å². The number of pyridine rings is 1. The fourth-order valence-electron chi connectivity index (χ4n) is 3.44. The van der Waals surface area contributed by atoms with Crippen molar-refractivity contribution in [2.45, 2.75) is 23.9 Å². The predicted molar refractivity (Wildman–Crippen MR) is 118 cm³/mol. The van der Waals surface area contributed by atoms with Gasteiger partial charge in [-0.2, -0.15) is 0 Å². The van der Waals surface area contributed by atoms with Gasteiger partial charge < -0.3 is 10.1 Å². The van der Waals surface area contributed by atoms with Crippen LogP contribution in [-0.2, 0) is 16.4 Å². The SMILES string of the molecule is O=S1(=O)CCC(NCc2cc3ccc(F)cc3nc2OCCSc2ccccc2)C1. The molecule has 4 rings (SSSR count). The van der Waals surface area contributed by atoms with Crippen LogP contribution in [0.2, 0.25) is 0 Å². The number of benzene rings is 2. The van der Waals surface area contributed by atoms with Gasteiger partial charge in [-0.05, 0) is 36.8 Å². The molecule has 158 valence electrons. The maximum Gasteiger partial charge on any atom is 0.218 e. The molecule has 1 unspecified atom stereocenters. The minimum Gasteiger partial charge on any atom is -0.477 e. The lowest BCUT2D eigenvalue weighted by Crippen LogP contribution is -2.29. The Kier molecular flexibility index (Phi) is 6.55. The van der Waals surface area contributed by atoms with Crippen molar-refractivity contribution in [1.29, 1.82) is 0 Å². The topological polar surface area (TPSA) is 68.3 Å². The summed E-state index contributed by atoms with van der Waals surface area (Å²) in [6.07, 6.45) is 0.610. The van der Waals surface area contributed by atoms with Crippen LogP contribution in [-0.4, -0.2) is 43.3 Å². The highest BCUT2D eigenvalue weighted by Crippen LogP contribution is 2.25. The Hall–Kier alpha value is -2.16. The quantitative estimate of drug-likeness (QED) is 0.419. The van der Waals surface area contributed by atoms with Gasteiger partial charge in [-0.3, -0.25) is 0 Å². The number of aromatic nitrogens is 1. The van der Waals surface area contributed by atoms with Gasteiger partial charge in [-0.1, -0.05) is 18.2 Å². The third kappa shape index (κ3) is 5.50. The highest BCUT2D eigenvalue weighted by Gasteiger charge is 2.27. The Morgan fingerprint density at radius 1 is 1.17 bits per heavy atom.